The average Bonchev–Trinajstić information content (AvgIpc) is 3.02. The minimum atomic E-state index is -0.191. The Bertz CT molecular complexity index is 820. The minimum Gasteiger partial charge on any atom is -0.394 e. The van der Waals surface area contributed by atoms with E-state index in [2.05, 4.69) is 34.2 Å². The second-order valence-corrected chi connectivity index (χ2v) is 7.10. The number of nitrogens with zero attached hydrogens (tertiary/aromatic N) is 2. The number of amides is 1. The van der Waals surface area contributed by atoms with Crippen molar-refractivity contribution in [2.45, 2.75) is 26.8 Å². The summed E-state index contributed by atoms with van der Waals surface area (Å²) in [6, 6.07) is 8.21. The Morgan fingerprint density at radius 1 is 1.35 bits per heavy atom. The van der Waals surface area contributed by atoms with E-state index in [4.69, 9.17) is 0 Å². The minimum absolute atomic E-state index is 0.0323. The fourth-order valence-electron chi connectivity index (χ4n) is 4.02. The molecule has 2 aromatic rings. The summed E-state index contributed by atoms with van der Waals surface area (Å²) in [6.45, 7) is 8.16. The maximum absolute atomic E-state index is 12.9. The summed E-state index contributed by atoms with van der Waals surface area (Å²) in [5.74, 6) is -0.0328. The second-order valence-electron chi connectivity index (χ2n) is 7.10. The molecule has 5 heteroatoms. The van der Waals surface area contributed by atoms with Crippen LogP contribution in [-0.2, 0) is 4.79 Å². The zero-order valence-electron chi connectivity index (χ0n) is 16.1. The lowest BCUT2D eigenvalue weighted by Gasteiger charge is -2.37. The van der Waals surface area contributed by atoms with Crippen LogP contribution in [0.1, 0.15) is 25.1 Å². The molecule has 1 amide bonds. The van der Waals surface area contributed by atoms with Gasteiger partial charge in [-0.15, -0.1) is 0 Å². The van der Waals surface area contributed by atoms with Crippen LogP contribution in [0.5, 0.6) is 0 Å². The Morgan fingerprint density at radius 2 is 2.08 bits per heavy atom. The summed E-state index contributed by atoms with van der Waals surface area (Å²) < 4.78 is 0. The van der Waals surface area contributed by atoms with Gasteiger partial charge in [0.25, 0.3) is 0 Å². The number of hydrogen-bond donors (Lipinski definition) is 2. The Balaban J connectivity index is 2.09. The highest BCUT2D eigenvalue weighted by molar-refractivity contribution is 5.94. The van der Waals surface area contributed by atoms with Crippen molar-refractivity contribution in [2.24, 2.45) is 5.92 Å². The lowest BCUT2D eigenvalue weighted by Crippen LogP contribution is -2.47. The Hall–Kier alpha value is -2.11. The number of fused-ring (bicyclic) bond motifs is 1. The molecule has 140 valence electrons. The van der Waals surface area contributed by atoms with E-state index in [0.29, 0.717) is 19.6 Å². The molecule has 2 atom stereocenters. The Kier molecular flexibility index (Phi) is 5.49. The van der Waals surface area contributed by atoms with Crippen LogP contribution in [-0.4, -0.2) is 65.1 Å². The number of aromatic amines is 1. The van der Waals surface area contributed by atoms with Gasteiger partial charge in [-0.05, 0) is 39.5 Å². The highest BCUT2D eigenvalue weighted by Crippen LogP contribution is 2.33. The third kappa shape index (κ3) is 3.29. The van der Waals surface area contributed by atoms with Crippen LogP contribution in [0, 0.1) is 12.8 Å². The highest BCUT2D eigenvalue weighted by Gasteiger charge is 2.33. The van der Waals surface area contributed by atoms with E-state index in [1.54, 1.807) is 0 Å². The molecular weight excluding hydrogens is 326 g/mol. The van der Waals surface area contributed by atoms with Gasteiger partial charge < -0.3 is 15.0 Å². The van der Waals surface area contributed by atoms with Crippen molar-refractivity contribution in [3.8, 4) is 0 Å². The van der Waals surface area contributed by atoms with Gasteiger partial charge in [-0.1, -0.05) is 24.3 Å². The first-order chi connectivity index (χ1) is 12.5. The molecule has 0 saturated heterocycles. The van der Waals surface area contributed by atoms with Crippen molar-refractivity contribution >= 4 is 22.4 Å². The van der Waals surface area contributed by atoms with Gasteiger partial charge in [0.15, 0.2) is 0 Å². The van der Waals surface area contributed by atoms with Gasteiger partial charge >= 0.3 is 0 Å². The predicted molar refractivity (Wildman–Crippen MR) is 106 cm³/mol. The third-order valence-electron chi connectivity index (χ3n) is 5.42. The van der Waals surface area contributed by atoms with E-state index in [-0.39, 0.29) is 24.5 Å². The standard InChI is InChI=1S/C21H29N3O2/c1-5-24(6-2)21(26)16-11-18(19(13-25)23(4)12-16)17-9-7-8-15-10-14(3)22-20(15)17/h7-11,16,19,22,25H,5-6,12-13H2,1-4H3/t16-,19-/m1/s1. The van der Waals surface area contributed by atoms with Crippen molar-refractivity contribution in [1.29, 1.82) is 0 Å². The van der Waals surface area contributed by atoms with Crippen molar-refractivity contribution in [1.82, 2.24) is 14.8 Å². The van der Waals surface area contributed by atoms with Crippen LogP contribution in [0.2, 0.25) is 0 Å². The summed E-state index contributed by atoms with van der Waals surface area (Å²) in [4.78, 5) is 20.3. The zero-order chi connectivity index (χ0) is 18.8. The molecule has 2 heterocycles. The first kappa shape index (κ1) is 18.7. The van der Waals surface area contributed by atoms with Gasteiger partial charge in [0.2, 0.25) is 5.91 Å². The van der Waals surface area contributed by atoms with E-state index in [0.717, 1.165) is 27.7 Å². The van der Waals surface area contributed by atoms with Gasteiger partial charge in [0.1, 0.15) is 0 Å². The van der Waals surface area contributed by atoms with Crippen molar-refractivity contribution in [3.63, 3.8) is 0 Å². The summed E-state index contributed by atoms with van der Waals surface area (Å²) in [7, 11) is 1.98. The largest absolute Gasteiger partial charge is 0.394 e. The number of para-hydroxylation sites is 1. The lowest BCUT2D eigenvalue weighted by molar-refractivity contribution is -0.134. The molecule has 2 N–H and O–H groups in total. The smallest absolute Gasteiger partial charge is 0.230 e. The molecule has 1 aromatic carbocycles. The molecule has 3 rings (SSSR count). The number of aliphatic hydroxyl groups excluding tert-OH is 1. The number of carbonyl (C=O) groups is 1. The van der Waals surface area contributed by atoms with E-state index in [1.807, 2.05) is 38.8 Å². The van der Waals surface area contributed by atoms with Crippen LogP contribution in [0.15, 0.2) is 30.3 Å². The SMILES string of the molecule is CCN(CC)C(=O)[C@@H]1C=C(c2cccc3cc(C)[nH]c23)[C@@H](CO)N(C)C1. The molecule has 0 saturated carbocycles. The number of aliphatic hydroxyl groups is 1. The number of benzene rings is 1. The van der Waals surface area contributed by atoms with E-state index in [1.165, 1.54) is 0 Å². The molecule has 0 spiro atoms. The van der Waals surface area contributed by atoms with Crippen LogP contribution < -0.4 is 0 Å². The first-order valence-electron chi connectivity index (χ1n) is 9.40. The number of nitrogens with one attached hydrogen (secondary N) is 1. The Morgan fingerprint density at radius 3 is 2.73 bits per heavy atom. The van der Waals surface area contributed by atoms with E-state index in [9.17, 15) is 9.90 Å². The topological polar surface area (TPSA) is 59.6 Å². The number of H-pyrrole nitrogens is 1. The van der Waals surface area contributed by atoms with Crippen LogP contribution >= 0.6 is 0 Å². The number of carbonyl (C=O) groups excluding carboxylic acids is 1. The average molecular weight is 355 g/mol. The molecule has 1 aliphatic rings. The molecule has 0 fully saturated rings. The molecule has 0 unspecified atom stereocenters. The number of likely N-dealkylation sites (N-methyl/N-ethyl adjacent to an activating group) is 1. The molecular formula is C21H29N3O2. The van der Waals surface area contributed by atoms with Crippen molar-refractivity contribution < 1.29 is 9.90 Å². The van der Waals surface area contributed by atoms with Gasteiger partial charge in [0.05, 0.1) is 24.1 Å². The first-order valence-corrected chi connectivity index (χ1v) is 9.40. The fraction of sp³-hybridized carbons (Fsp3) is 0.476. The summed E-state index contributed by atoms with van der Waals surface area (Å²) in [6.07, 6.45) is 2.08. The molecule has 0 radical (unpaired) electrons. The maximum atomic E-state index is 12.9. The normalized spacial score (nSPS) is 21.0. The maximum Gasteiger partial charge on any atom is 0.230 e. The summed E-state index contributed by atoms with van der Waals surface area (Å²) >= 11 is 0. The molecule has 1 aliphatic heterocycles. The summed E-state index contributed by atoms with van der Waals surface area (Å²) in [5, 5.41) is 11.2. The number of aromatic nitrogens is 1. The van der Waals surface area contributed by atoms with Gasteiger partial charge in [-0.25, -0.2) is 0 Å². The zero-order valence-corrected chi connectivity index (χ0v) is 16.1. The molecule has 0 bridgehead atoms. The predicted octanol–water partition coefficient (Wildman–Crippen LogP) is 2.65. The second kappa shape index (κ2) is 7.64. The van der Waals surface area contributed by atoms with Crippen LogP contribution in [0.3, 0.4) is 0 Å². The van der Waals surface area contributed by atoms with Crippen LogP contribution in [0.4, 0.5) is 0 Å². The lowest BCUT2D eigenvalue weighted by atomic mass is 9.87. The quantitative estimate of drug-likeness (QED) is 0.867. The van der Waals surface area contributed by atoms with Gasteiger partial charge in [0, 0.05) is 36.3 Å². The molecule has 0 aliphatic carbocycles. The van der Waals surface area contributed by atoms with Crippen molar-refractivity contribution in [2.75, 3.05) is 33.3 Å². The van der Waals surface area contributed by atoms with E-state index < -0.39 is 0 Å². The van der Waals surface area contributed by atoms with Crippen molar-refractivity contribution in [3.05, 3.63) is 41.6 Å². The fourth-order valence-corrected chi connectivity index (χ4v) is 4.02. The molecule has 5 nitrogen and oxygen atoms in total. The Labute approximate surface area is 155 Å². The third-order valence-corrected chi connectivity index (χ3v) is 5.42. The number of hydrogen-bond acceptors (Lipinski definition) is 3. The van der Waals surface area contributed by atoms with Crippen LogP contribution in [0.25, 0.3) is 16.5 Å². The monoisotopic (exact) mass is 355 g/mol. The molecule has 1 aromatic heterocycles. The summed E-state index contributed by atoms with van der Waals surface area (Å²) in [5.41, 5.74) is 4.27. The van der Waals surface area contributed by atoms with E-state index >= 15 is 0 Å². The van der Waals surface area contributed by atoms with Gasteiger partial charge in [-0.2, -0.15) is 0 Å². The highest BCUT2D eigenvalue weighted by atomic mass is 16.3. The molecule has 26 heavy (non-hydrogen) atoms. The number of rotatable bonds is 5. The number of aryl methyl sites for hydroxylation is 1. The van der Waals surface area contributed by atoms with Gasteiger partial charge in [-0.3, -0.25) is 9.69 Å².